The van der Waals surface area contributed by atoms with E-state index in [4.69, 9.17) is 0 Å². The van der Waals surface area contributed by atoms with Crippen molar-refractivity contribution in [2.75, 3.05) is 0 Å². The number of rotatable bonds is 0. The molecule has 0 saturated heterocycles. The van der Waals surface area contributed by atoms with Crippen molar-refractivity contribution in [3.05, 3.63) is 46.5 Å². The van der Waals surface area contributed by atoms with E-state index in [1.165, 1.54) is 42.4 Å². The van der Waals surface area contributed by atoms with Gasteiger partial charge in [-0.05, 0) is 62.6 Å². The predicted octanol–water partition coefficient (Wildman–Crippen LogP) is 5.29. The second-order valence-corrected chi connectivity index (χ2v) is 6.05. The molecule has 0 atom stereocenters. The number of benzene rings is 2. The van der Waals surface area contributed by atoms with Crippen LogP contribution in [0.1, 0.15) is 22.3 Å². The third-order valence-electron chi connectivity index (χ3n) is 3.52. The van der Waals surface area contributed by atoms with Crippen molar-refractivity contribution in [2.45, 2.75) is 27.7 Å². The molecule has 86 valence electrons. The van der Waals surface area contributed by atoms with Gasteiger partial charge >= 0.3 is 0 Å². The largest absolute Gasteiger partial charge is 0.135 e. The molecule has 1 heteroatoms. The summed E-state index contributed by atoms with van der Waals surface area (Å²) in [7, 11) is 0. The molecule has 0 aliphatic heterocycles. The van der Waals surface area contributed by atoms with Crippen molar-refractivity contribution in [3.63, 3.8) is 0 Å². The molecule has 3 rings (SSSR count). The second kappa shape index (κ2) is 3.58. The van der Waals surface area contributed by atoms with Gasteiger partial charge in [0.05, 0.1) is 0 Å². The Hall–Kier alpha value is -1.34. The molecule has 0 fully saturated rings. The van der Waals surface area contributed by atoms with Crippen LogP contribution in [-0.4, -0.2) is 0 Å². The summed E-state index contributed by atoms with van der Waals surface area (Å²) in [6, 6.07) is 9.25. The van der Waals surface area contributed by atoms with E-state index in [9.17, 15) is 0 Å². The summed E-state index contributed by atoms with van der Waals surface area (Å²) in [6.45, 7) is 8.78. The summed E-state index contributed by atoms with van der Waals surface area (Å²) in [5.41, 5.74) is 5.53. The summed E-state index contributed by atoms with van der Waals surface area (Å²) in [5, 5.41) is 2.84. The zero-order chi connectivity index (χ0) is 12.2. The van der Waals surface area contributed by atoms with E-state index in [2.05, 4.69) is 52.0 Å². The lowest BCUT2D eigenvalue weighted by molar-refractivity contribution is 1.37. The first-order valence-corrected chi connectivity index (χ1v) is 6.78. The van der Waals surface area contributed by atoms with Crippen LogP contribution < -0.4 is 0 Å². The summed E-state index contributed by atoms with van der Waals surface area (Å²) in [6.07, 6.45) is 0. The molecule has 0 aliphatic carbocycles. The molecule has 0 spiro atoms. The maximum atomic E-state index is 2.34. The van der Waals surface area contributed by atoms with Gasteiger partial charge in [-0.2, -0.15) is 0 Å². The number of thiophene rings is 1. The SMILES string of the molecule is Cc1cc(C)c2sc3cc(C)c(C)cc3c2c1. The molecule has 0 amide bonds. The molecule has 0 aliphatic rings. The van der Waals surface area contributed by atoms with Crippen molar-refractivity contribution in [1.29, 1.82) is 0 Å². The van der Waals surface area contributed by atoms with Crippen molar-refractivity contribution < 1.29 is 0 Å². The summed E-state index contributed by atoms with van der Waals surface area (Å²) in [5.74, 6) is 0. The van der Waals surface area contributed by atoms with E-state index in [0.29, 0.717) is 0 Å². The van der Waals surface area contributed by atoms with Crippen LogP contribution >= 0.6 is 11.3 Å². The van der Waals surface area contributed by atoms with Crippen molar-refractivity contribution in [1.82, 2.24) is 0 Å². The fourth-order valence-electron chi connectivity index (χ4n) is 2.48. The smallest absolute Gasteiger partial charge is 0.0384 e. The normalized spacial score (nSPS) is 11.5. The first-order valence-electron chi connectivity index (χ1n) is 5.97. The van der Waals surface area contributed by atoms with Gasteiger partial charge in [0.15, 0.2) is 0 Å². The van der Waals surface area contributed by atoms with Gasteiger partial charge in [0.1, 0.15) is 0 Å². The van der Waals surface area contributed by atoms with Gasteiger partial charge in [0.25, 0.3) is 0 Å². The topological polar surface area (TPSA) is 0 Å². The molecule has 2 aromatic carbocycles. The van der Waals surface area contributed by atoms with Gasteiger partial charge in [-0.15, -0.1) is 11.3 Å². The van der Waals surface area contributed by atoms with E-state index in [1.807, 2.05) is 11.3 Å². The van der Waals surface area contributed by atoms with E-state index in [1.54, 1.807) is 0 Å². The number of hydrogen-bond donors (Lipinski definition) is 0. The molecule has 0 saturated carbocycles. The molecular weight excluding hydrogens is 224 g/mol. The number of hydrogen-bond acceptors (Lipinski definition) is 1. The van der Waals surface area contributed by atoms with Crippen molar-refractivity contribution in [2.24, 2.45) is 0 Å². The maximum absolute atomic E-state index is 2.34. The summed E-state index contributed by atoms with van der Waals surface area (Å²) in [4.78, 5) is 0. The standard InChI is InChI=1S/C16H16S/c1-9-5-12(4)16-14(6-9)13-7-10(2)11(3)8-15(13)17-16/h5-8H,1-4H3. The van der Waals surface area contributed by atoms with Gasteiger partial charge in [0, 0.05) is 20.2 Å². The summed E-state index contributed by atoms with van der Waals surface area (Å²) >= 11 is 1.92. The van der Waals surface area contributed by atoms with E-state index in [-0.39, 0.29) is 0 Å². The third kappa shape index (κ3) is 1.57. The van der Waals surface area contributed by atoms with Gasteiger partial charge in [-0.25, -0.2) is 0 Å². The Labute approximate surface area is 106 Å². The second-order valence-electron chi connectivity index (χ2n) is 4.99. The first kappa shape index (κ1) is 10.8. The fourth-order valence-corrected chi connectivity index (χ4v) is 3.72. The zero-order valence-corrected chi connectivity index (χ0v) is 11.5. The lowest BCUT2D eigenvalue weighted by Crippen LogP contribution is -1.79. The highest BCUT2D eigenvalue weighted by atomic mass is 32.1. The van der Waals surface area contributed by atoms with Gasteiger partial charge in [-0.1, -0.05) is 11.6 Å². The van der Waals surface area contributed by atoms with Crippen molar-refractivity contribution >= 4 is 31.5 Å². The Morgan fingerprint density at radius 1 is 0.706 bits per heavy atom. The molecule has 0 bridgehead atoms. The highest BCUT2D eigenvalue weighted by molar-refractivity contribution is 7.26. The van der Waals surface area contributed by atoms with Crippen LogP contribution in [-0.2, 0) is 0 Å². The van der Waals surface area contributed by atoms with Crippen LogP contribution in [0.5, 0.6) is 0 Å². The fraction of sp³-hybridized carbons (Fsp3) is 0.250. The van der Waals surface area contributed by atoms with Crippen LogP contribution in [0.15, 0.2) is 24.3 Å². The van der Waals surface area contributed by atoms with Crippen LogP contribution in [0.25, 0.3) is 20.2 Å². The maximum Gasteiger partial charge on any atom is 0.0384 e. The molecule has 0 unspecified atom stereocenters. The Kier molecular flexibility index (Phi) is 2.27. The quantitative estimate of drug-likeness (QED) is 0.501. The van der Waals surface area contributed by atoms with E-state index < -0.39 is 0 Å². The van der Waals surface area contributed by atoms with Crippen LogP contribution in [0, 0.1) is 27.7 Å². The molecule has 0 N–H and O–H groups in total. The molecular formula is C16H16S. The average Bonchev–Trinajstić information content (AvgIpc) is 2.58. The third-order valence-corrected chi connectivity index (χ3v) is 4.82. The molecule has 0 radical (unpaired) electrons. The number of fused-ring (bicyclic) bond motifs is 3. The number of aryl methyl sites for hydroxylation is 4. The van der Waals surface area contributed by atoms with Crippen LogP contribution in [0.2, 0.25) is 0 Å². The molecule has 17 heavy (non-hydrogen) atoms. The van der Waals surface area contributed by atoms with Gasteiger partial charge in [-0.3, -0.25) is 0 Å². The zero-order valence-electron chi connectivity index (χ0n) is 10.7. The highest BCUT2D eigenvalue weighted by Gasteiger charge is 2.09. The predicted molar refractivity (Wildman–Crippen MR) is 78.3 cm³/mol. The lowest BCUT2D eigenvalue weighted by Gasteiger charge is -2.01. The average molecular weight is 240 g/mol. The molecule has 0 nitrogen and oxygen atoms in total. The van der Waals surface area contributed by atoms with Gasteiger partial charge in [0.2, 0.25) is 0 Å². The molecule has 3 aromatic rings. The summed E-state index contributed by atoms with van der Waals surface area (Å²) < 4.78 is 2.85. The monoisotopic (exact) mass is 240 g/mol. The lowest BCUT2D eigenvalue weighted by atomic mass is 10.0. The molecule has 1 heterocycles. The van der Waals surface area contributed by atoms with Crippen LogP contribution in [0.4, 0.5) is 0 Å². The minimum Gasteiger partial charge on any atom is -0.135 e. The van der Waals surface area contributed by atoms with Gasteiger partial charge < -0.3 is 0 Å². The molecule has 1 aromatic heterocycles. The van der Waals surface area contributed by atoms with E-state index in [0.717, 1.165) is 0 Å². The Morgan fingerprint density at radius 3 is 2.18 bits per heavy atom. The minimum absolute atomic E-state index is 1.35. The Balaban J connectivity index is 2.55. The highest BCUT2D eigenvalue weighted by Crippen LogP contribution is 2.37. The minimum atomic E-state index is 1.35. The van der Waals surface area contributed by atoms with E-state index >= 15 is 0 Å². The van der Waals surface area contributed by atoms with Crippen LogP contribution in [0.3, 0.4) is 0 Å². The Bertz CT molecular complexity index is 732. The van der Waals surface area contributed by atoms with Crippen molar-refractivity contribution in [3.8, 4) is 0 Å². The Morgan fingerprint density at radius 2 is 1.41 bits per heavy atom. The first-order chi connectivity index (χ1) is 8.06.